The van der Waals surface area contributed by atoms with Crippen molar-refractivity contribution in [1.29, 1.82) is 0 Å². The molecule has 1 saturated carbocycles. The Morgan fingerprint density at radius 3 is 3.00 bits per heavy atom. The second-order valence-corrected chi connectivity index (χ2v) is 5.98. The highest BCUT2D eigenvalue weighted by Gasteiger charge is 2.34. The van der Waals surface area contributed by atoms with Crippen molar-refractivity contribution in [2.24, 2.45) is 11.7 Å². The van der Waals surface area contributed by atoms with E-state index in [9.17, 15) is 0 Å². The van der Waals surface area contributed by atoms with Crippen LogP contribution in [0.15, 0.2) is 5.38 Å². The van der Waals surface area contributed by atoms with Crippen LogP contribution in [0.25, 0.3) is 0 Å². The average Bonchev–Trinajstić information content (AvgIpc) is 2.57. The van der Waals surface area contributed by atoms with Gasteiger partial charge in [0.2, 0.25) is 0 Å². The zero-order valence-corrected chi connectivity index (χ0v) is 10.4. The summed E-state index contributed by atoms with van der Waals surface area (Å²) in [5.41, 5.74) is 7.70. The lowest BCUT2D eigenvalue weighted by molar-refractivity contribution is 0.202. The first-order valence-electron chi connectivity index (χ1n) is 5.80. The second kappa shape index (κ2) is 4.22. The number of aromatic nitrogens is 1. The van der Waals surface area contributed by atoms with Gasteiger partial charge in [-0.25, -0.2) is 4.98 Å². The summed E-state index contributed by atoms with van der Waals surface area (Å²) in [7, 11) is 0. The van der Waals surface area contributed by atoms with Gasteiger partial charge in [0.05, 0.1) is 10.7 Å². The molecule has 0 aliphatic heterocycles. The van der Waals surface area contributed by atoms with Crippen molar-refractivity contribution in [1.82, 2.24) is 4.98 Å². The molecule has 2 N–H and O–H groups in total. The molecule has 2 rings (SSSR count). The summed E-state index contributed by atoms with van der Waals surface area (Å²) < 4.78 is 0. The number of hydrogen-bond donors (Lipinski definition) is 1. The highest BCUT2D eigenvalue weighted by Crippen LogP contribution is 2.34. The summed E-state index contributed by atoms with van der Waals surface area (Å²) in [5.74, 6) is 0.633. The van der Waals surface area contributed by atoms with Gasteiger partial charge in [0.1, 0.15) is 0 Å². The first-order valence-corrected chi connectivity index (χ1v) is 6.68. The Bertz CT molecular complexity index is 334. The average molecular weight is 224 g/mol. The SMILES string of the molecule is Cc1nc(CC2(N)CCCCC2C)cs1. The third-order valence-corrected chi connectivity index (χ3v) is 4.51. The number of rotatable bonds is 2. The van der Waals surface area contributed by atoms with E-state index in [1.54, 1.807) is 11.3 Å². The van der Waals surface area contributed by atoms with Crippen LogP contribution in [0.5, 0.6) is 0 Å². The van der Waals surface area contributed by atoms with Gasteiger partial charge in [-0.1, -0.05) is 19.8 Å². The Kier molecular flexibility index (Phi) is 3.12. The Labute approximate surface area is 95.9 Å². The summed E-state index contributed by atoms with van der Waals surface area (Å²) in [6, 6.07) is 0. The molecular formula is C12H20N2S. The minimum Gasteiger partial charge on any atom is -0.325 e. The van der Waals surface area contributed by atoms with Crippen LogP contribution in [-0.4, -0.2) is 10.5 Å². The van der Waals surface area contributed by atoms with Crippen LogP contribution < -0.4 is 5.73 Å². The van der Waals surface area contributed by atoms with Gasteiger partial charge in [0, 0.05) is 17.3 Å². The second-order valence-electron chi connectivity index (χ2n) is 4.91. The molecule has 0 saturated heterocycles. The molecule has 84 valence electrons. The predicted octanol–water partition coefficient (Wildman–Crippen LogP) is 2.90. The van der Waals surface area contributed by atoms with Gasteiger partial charge in [-0.2, -0.15) is 0 Å². The molecule has 3 heteroatoms. The van der Waals surface area contributed by atoms with E-state index in [2.05, 4.69) is 24.2 Å². The maximum absolute atomic E-state index is 6.51. The quantitative estimate of drug-likeness (QED) is 0.839. The molecule has 0 bridgehead atoms. The van der Waals surface area contributed by atoms with Crippen LogP contribution >= 0.6 is 11.3 Å². The topological polar surface area (TPSA) is 38.9 Å². The Morgan fingerprint density at radius 1 is 1.60 bits per heavy atom. The number of hydrogen-bond acceptors (Lipinski definition) is 3. The van der Waals surface area contributed by atoms with Crippen molar-refractivity contribution in [2.75, 3.05) is 0 Å². The van der Waals surface area contributed by atoms with Crippen molar-refractivity contribution in [2.45, 2.75) is 51.5 Å². The number of nitrogens with zero attached hydrogens (tertiary/aromatic N) is 1. The van der Waals surface area contributed by atoms with Crippen molar-refractivity contribution >= 4 is 11.3 Å². The van der Waals surface area contributed by atoms with E-state index in [1.807, 2.05) is 0 Å². The lowest BCUT2D eigenvalue weighted by Gasteiger charge is -2.39. The molecule has 1 fully saturated rings. The molecule has 1 aromatic heterocycles. The Morgan fingerprint density at radius 2 is 2.40 bits per heavy atom. The van der Waals surface area contributed by atoms with E-state index in [0.29, 0.717) is 5.92 Å². The number of thiazole rings is 1. The largest absolute Gasteiger partial charge is 0.325 e. The summed E-state index contributed by atoms with van der Waals surface area (Å²) in [5, 5.41) is 3.31. The third-order valence-electron chi connectivity index (χ3n) is 3.69. The fraction of sp³-hybridized carbons (Fsp3) is 0.750. The molecule has 1 aromatic rings. The lowest BCUT2D eigenvalue weighted by Crippen LogP contribution is -2.50. The van der Waals surface area contributed by atoms with Crippen LogP contribution in [0.3, 0.4) is 0 Å². The Balaban J connectivity index is 2.08. The minimum atomic E-state index is -0.00123. The zero-order chi connectivity index (χ0) is 10.9. The van der Waals surface area contributed by atoms with E-state index in [1.165, 1.54) is 25.0 Å². The number of aryl methyl sites for hydroxylation is 1. The van der Waals surface area contributed by atoms with Crippen LogP contribution in [0.1, 0.15) is 43.3 Å². The molecule has 0 spiro atoms. The Hall–Kier alpha value is -0.410. The van der Waals surface area contributed by atoms with Crippen molar-refractivity contribution < 1.29 is 0 Å². The van der Waals surface area contributed by atoms with Gasteiger partial charge in [0.25, 0.3) is 0 Å². The molecule has 2 nitrogen and oxygen atoms in total. The normalized spacial score (nSPS) is 31.8. The molecule has 0 radical (unpaired) electrons. The van der Waals surface area contributed by atoms with Crippen LogP contribution in [0.4, 0.5) is 0 Å². The van der Waals surface area contributed by atoms with E-state index < -0.39 is 0 Å². The summed E-state index contributed by atoms with van der Waals surface area (Å²) in [6.45, 7) is 4.35. The summed E-state index contributed by atoms with van der Waals surface area (Å²) >= 11 is 1.73. The van der Waals surface area contributed by atoms with Crippen molar-refractivity contribution in [3.63, 3.8) is 0 Å². The highest BCUT2D eigenvalue weighted by molar-refractivity contribution is 7.09. The zero-order valence-electron chi connectivity index (χ0n) is 9.62. The lowest BCUT2D eigenvalue weighted by atomic mass is 9.72. The van der Waals surface area contributed by atoms with E-state index in [4.69, 9.17) is 5.73 Å². The molecule has 0 amide bonds. The molecule has 1 heterocycles. The predicted molar refractivity (Wildman–Crippen MR) is 65.1 cm³/mol. The molecule has 15 heavy (non-hydrogen) atoms. The molecule has 2 unspecified atom stereocenters. The monoisotopic (exact) mass is 224 g/mol. The highest BCUT2D eigenvalue weighted by atomic mass is 32.1. The van der Waals surface area contributed by atoms with Gasteiger partial charge >= 0.3 is 0 Å². The third kappa shape index (κ3) is 2.40. The molecule has 2 atom stereocenters. The van der Waals surface area contributed by atoms with Gasteiger partial charge in [-0.3, -0.25) is 0 Å². The number of nitrogens with two attached hydrogens (primary N) is 1. The standard InChI is InChI=1S/C12H20N2S/c1-9-5-3-4-6-12(9,13)7-11-8-15-10(2)14-11/h8-9H,3-7,13H2,1-2H3. The van der Waals surface area contributed by atoms with Crippen LogP contribution in [0.2, 0.25) is 0 Å². The summed E-state index contributed by atoms with van der Waals surface area (Å²) in [4.78, 5) is 4.52. The first kappa shape index (κ1) is 11.1. The molecule has 1 aliphatic carbocycles. The first-order chi connectivity index (χ1) is 7.10. The van der Waals surface area contributed by atoms with Gasteiger partial charge in [-0.05, 0) is 25.7 Å². The van der Waals surface area contributed by atoms with Crippen molar-refractivity contribution in [3.8, 4) is 0 Å². The maximum Gasteiger partial charge on any atom is 0.0897 e. The van der Waals surface area contributed by atoms with E-state index in [0.717, 1.165) is 17.8 Å². The van der Waals surface area contributed by atoms with E-state index >= 15 is 0 Å². The van der Waals surface area contributed by atoms with Crippen molar-refractivity contribution in [3.05, 3.63) is 16.1 Å². The maximum atomic E-state index is 6.51. The fourth-order valence-corrected chi connectivity index (χ4v) is 3.14. The van der Waals surface area contributed by atoms with Gasteiger partial charge in [-0.15, -0.1) is 11.3 Å². The molecular weight excluding hydrogens is 204 g/mol. The van der Waals surface area contributed by atoms with Crippen LogP contribution in [-0.2, 0) is 6.42 Å². The molecule has 0 aromatic carbocycles. The summed E-state index contributed by atoms with van der Waals surface area (Å²) in [6.07, 6.45) is 6.02. The van der Waals surface area contributed by atoms with Crippen LogP contribution in [0, 0.1) is 12.8 Å². The smallest absolute Gasteiger partial charge is 0.0897 e. The molecule has 1 aliphatic rings. The van der Waals surface area contributed by atoms with Gasteiger partial charge < -0.3 is 5.73 Å². The minimum absolute atomic E-state index is 0.00123. The van der Waals surface area contributed by atoms with E-state index in [-0.39, 0.29) is 5.54 Å². The van der Waals surface area contributed by atoms with Gasteiger partial charge in [0.15, 0.2) is 0 Å². The fourth-order valence-electron chi connectivity index (χ4n) is 2.53.